The molecule has 0 spiro atoms. The summed E-state index contributed by atoms with van der Waals surface area (Å²) in [4.78, 5) is 24.3. The number of allylic oxidation sites excluding steroid dienone is 5. The van der Waals surface area contributed by atoms with Crippen LogP contribution >= 0.6 is 0 Å². The zero-order chi connectivity index (χ0) is 40.1. The topological polar surface area (TPSA) is 95.9 Å². The van der Waals surface area contributed by atoms with Crippen molar-refractivity contribution in [1.29, 1.82) is 0 Å². The molecule has 1 amide bonds. The first-order valence-corrected chi connectivity index (χ1v) is 23.8. The minimum Gasteiger partial charge on any atom is -0.466 e. The maximum atomic E-state index is 12.4. The average molecular weight is 774 g/mol. The number of hydrogen-bond donors (Lipinski definition) is 3. The second kappa shape index (κ2) is 44.8. The van der Waals surface area contributed by atoms with Crippen LogP contribution in [-0.2, 0) is 14.3 Å². The fourth-order valence-corrected chi connectivity index (χ4v) is 6.91. The van der Waals surface area contributed by atoms with Crippen LogP contribution in [0.5, 0.6) is 0 Å². The molecule has 2 unspecified atom stereocenters. The summed E-state index contributed by atoms with van der Waals surface area (Å²) in [5.41, 5.74) is 0. The highest BCUT2D eigenvalue weighted by Crippen LogP contribution is 2.14. The molecule has 3 N–H and O–H groups in total. The normalized spacial score (nSPS) is 13.0. The fourth-order valence-electron chi connectivity index (χ4n) is 6.91. The highest BCUT2D eigenvalue weighted by molar-refractivity contribution is 5.76. The number of carbonyl (C=O) groups excluding carboxylic acids is 2. The Morgan fingerprint density at radius 2 is 0.855 bits per heavy atom. The smallest absolute Gasteiger partial charge is 0.305 e. The Balaban J connectivity index is 3.52. The molecule has 0 aliphatic carbocycles. The van der Waals surface area contributed by atoms with Crippen LogP contribution in [0.3, 0.4) is 0 Å². The van der Waals surface area contributed by atoms with E-state index in [0.29, 0.717) is 19.4 Å². The number of ether oxygens (including phenoxy) is 1. The Hall–Kier alpha value is -1.92. The van der Waals surface area contributed by atoms with Crippen molar-refractivity contribution < 1.29 is 24.5 Å². The van der Waals surface area contributed by atoms with Gasteiger partial charge in [0, 0.05) is 12.8 Å². The summed E-state index contributed by atoms with van der Waals surface area (Å²) in [6, 6.07) is -0.638. The molecule has 6 heteroatoms. The van der Waals surface area contributed by atoms with Gasteiger partial charge in [-0.05, 0) is 83.5 Å². The van der Waals surface area contributed by atoms with Crippen LogP contribution in [0.4, 0.5) is 0 Å². The Bertz CT molecular complexity index is 900. The summed E-state index contributed by atoms with van der Waals surface area (Å²) in [5, 5.41) is 22.9. The lowest BCUT2D eigenvalue weighted by molar-refractivity contribution is -0.143. The molecule has 55 heavy (non-hydrogen) atoms. The Morgan fingerprint density at radius 3 is 1.33 bits per heavy atom. The van der Waals surface area contributed by atoms with Gasteiger partial charge in [-0.25, -0.2) is 0 Å². The lowest BCUT2D eigenvalue weighted by atomic mass is 10.1. The van der Waals surface area contributed by atoms with Gasteiger partial charge in [-0.2, -0.15) is 0 Å². The first-order chi connectivity index (χ1) is 27.0. The van der Waals surface area contributed by atoms with Gasteiger partial charge in [-0.1, -0.05) is 179 Å². The summed E-state index contributed by atoms with van der Waals surface area (Å²) in [7, 11) is 0. The molecule has 2 atom stereocenters. The van der Waals surface area contributed by atoms with Crippen molar-refractivity contribution in [2.45, 2.75) is 251 Å². The van der Waals surface area contributed by atoms with Crippen molar-refractivity contribution in [1.82, 2.24) is 5.32 Å². The van der Waals surface area contributed by atoms with Crippen molar-refractivity contribution in [3.05, 3.63) is 36.5 Å². The van der Waals surface area contributed by atoms with Gasteiger partial charge in [0.15, 0.2) is 0 Å². The molecule has 322 valence electrons. The van der Waals surface area contributed by atoms with Crippen LogP contribution in [-0.4, -0.2) is 47.4 Å². The SMILES string of the molecule is CCCCC/C=C\CCCCCCCC(=O)OCCCCCC/C=C\CCCCCCCCCC(=O)NC(CO)C(O)/C=C/CCCCCCCCCCC. The summed E-state index contributed by atoms with van der Waals surface area (Å²) in [6.07, 6.45) is 52.8. The summed E-state index contributed by atoms with van der Waals surface area (Å²) >= 11 is 0. The number of rotatable bonds is 43. The number of hydrogen-bond acceptors (Lipinski definition) is 5. The van der Waals surface area contributed by atoms with Gasteiger partial charge in [0.25, 0.3) is 0 Å². The predicted molar refractivity (Wildman–Crippen MR) is 236 cm³/mol. The van der Waals surface area contributed by atoms with Crippen molar-refractivity contribution in [3.8, 4) is 0 Å². The number of unbranched alkanes of at least 4 members (excludes halogenated alkanes) is 28. The van der Waals surface area contributed by atoms with E-state index in [4.69, 9.17) is 4.74 Å². The maximum absolute atomic E-state index is 12.4. The van der Waals surface area contributed by atoms with E-state index in [0.717, 1.165) is 70.6 Å². The number of amides is 1. The third-order valence-electron chi connectivity index (χ3n) is 10.6. The van der Waals surface area contributed by atoms with E-state index in [-0.39, 0.29) is 18.5 Å². The molecule has 0 aliphatic rings. The van der Waals surface area contributed by atoms with Crippen molar-refractivity contribution in [3.63, 3.8) is 0 Å². The van der Waals surface area contributed by atoms with Crippen LogP contribution in [0.25, 0.3) is 0 Å². The maximum Gasteiger partial charge on any atom is 0.305 e. The highest BCUT2D eigenvalue weighted by atomic mass is 16.5. The second-order valence-electron chi connectivity index (χ2n) is 16.1. The minimum absolute atomic E-state index is 0.0225. The Labute approximate surface area is 341 Å². The van der Waals surface area contributed by atoms with E-state index in [9.17, 15) is 19.8 Å². The molecule has 0 aliphatic heterocycles. The summed E-state index contributed by atoms with van der Waals surface area (Å²) < 4.78 is 5.43. The largest absolute Gasteiger partial charge is 0.466 e. The van der Waals surface area contributed by atoms with E-state index in [1.807, 2.05) is 6.08 Å². The molecule has 0 bridgehead atoms. The summed E-state index contributed by atoms with van der Waals surface area (Å²) in [5.74, 6) is -0.109. The minimum atomic E-state index is -0.853. The summed E-state index contributed by atoms with van der Waals surface area (Å²) in [6.45, 7) is 4.81. The zero-order valence-corrected chi connectivity index (χ0v) is 36.4. The van der Waals surface area contributed by atoms with Crippen molar-refractivity contribution >= 4 is 11.9 Å². The zero-order valence-electron chi connectivity index (χ0n) is 36.4. The van der Waals surface area contributed by atoms with E-state index in [2.05, 4.69) is 43.5 Å². The predicted octanol–water partition coefficient (Wildman–Crippen LogP) is 13.7. The molecule has 6 nitrogen and oxygen atoms in total. The van der Waals surface area contributed by atoms with E-state index in [1.54, 1.807) is 6.08 Å². The van der Waals surface area contributed by atoms with Crippen molar-refractivity contribution in [2.75, 3.05) is 13.2 Å². The van der Waals surface area contributed by atoms with Crippen LogP contribution < -0.4 is 5.32 Å². The van der Waals surface area contributed by atoms with Crippen LogP contribution in [0.1, 0.15) is 239 Å². The first-order valence-electron chi connectivity index (χ1n) is 23.8. The van der Waals surface area contributed by atoms with Gasteiger partial charge in [-0.15, -0.1) is 0 Å². The van der Waals surface area contributed by atoms with Gasteiger partial charge in [0.05, 0.1) is 25.4 Å². The third-order valence-corrected chi connectivity index (χ3v) is 10.6. The number of nitrogens with one attached hydrogen (secondary N) is 1. The standard InChI is InChI=1S/C49H91NO5/c1-3-5-7-9-11-13-15-23-27-31-35-39-43-49(54)55-44-40-36-32-28-24-20-18-16-17-19-22-26-30-34-38-42-48(53)50-46(45-51)47(52)41-37-33-29-25-21-14-12-10-8-6-4-2/h11,13,18,20,37,41,46-47,51-52H,3-10,12,14-17,19,21-36,38-40,42-45H2,1-2H3,(H,50,53)/b13-11-,20-18-,41-37+. The molecule has 0 heterocycles. The quantitative estimate of drug-likeness (QED) is 0.0326. The lowest BCUT2D eigenvalue weighted by Gasteiger charge is -2.20. The molecule has 0 aromatic heterocycles. The molecule has 0 saturated heterocycles. The molecule has 0 fully saturated rings. The van der Waals surface area contributed by atoms with Gasteiger partial charge < -0.3 is 20.3 Å². The van der Waals surface area contributed by atoms with Gasteiger partial charge >= 0.3 is 5.97 Å². The van der Waals surface area contributed by atoms with E-state index in [1.165, 1.54) is 141 Å². The average Bonchev–Trinajstić information content (AvgIpc) is 3.18. The Morgan fingerprint density at radius 1 is 0.491 bits per heavy atom. The number of aliphatic hydroxyl groups excluding tert-OH is 2. The monoisotopic (exact) mass is 774 g/mol. The molecular weight excluding hydrogens is 683 g/mol. The van der Waals surface area contributed by atoms with Gasteiger partial charge in [0.1, 0.15) is 0 Å². The molecule has 0 aromatic rings. The van der Waals surface area contributed by atoms with Crippen molar-refractivity contribution in [2.24, 2.45) is 0 Å². The number of carbonyl (C=O) groups is 2. The highest BCUT2D eigenvalue weighted by Gasteiger charge is 2.18. The van der Waals surface area contributed by atoms with Gasteiger partial charge in [0.2, 0.25) is 5.91 Å². The van der Waals surface area contributed by atoms with Crippen LogP contribution in [0.15, 0.2) is 36.5 Å². The molecule has 0 aromatic carbocycles. The molecule has 0 radical (unpaired) electrons. The van der Waals surface area contributed by atoms with Crippen LogP contribution in [0.2, 0.25) is 0 Å². The van der Waals surface area contributed by atoms with E-state index >= 15 is 0 Å². The first kappa shape index (κ1) is 53.1. The van der Waals surface area contributed by atoms with Crippen LogP contribution in [0, 0.1) is 0 Å². The molecular formula is C49H91NO5. The second-order valence-corrected chi connectivity index (χ2v) is 16.1. The lowest BCUT2D eigenvalue weighted by Crippen LogP contribution is -2.45. The molecule has 0 saturated carbocycles. The fraction of sp³-hybridized carbons (Fsp3) is 0.837. The Kier molecular flexibility index (Phi) is 43.2. The number of aliphatic hydroxyl groups is 2. The third kappa shape index (κ3) is 41.5. The van der Waals surface area contributed by atoms with Gasteiger partial charge in [-0.3, -0.25) is 9.59 Å². The molecule has 0 rings (SSSR count). The number of esters is 1. The van der Waals surface area contributed by atoms with E-state index < -0.39 is 12.1 Å².